The van der Waals surface area contributed by atoms with Gasteiger partial charge in [-0.1, -0.05) is 30.4 Å². The summed E-state index contributed by atoms with van der Waals surface area (Å²) in [5, 5.41) is 0. The highest BCUT2D eigenvalue weighted by Crippen LogP contribution is 2.25. The van der Waals surface area contributed by atoms with Crippen molar-refractivity contribution < 1.29 is 0 Å². The standard InChI is InChI=1S/C12H13I/c1-3-7-10(4-2)11-8-5-6-9-12(11)13/h3-6,8-10H,1-2,7H2/t10-/m0/s1. The lowest BCUT2D eigenvalue weighted by Gasteiger charge is -2.11. The topological polar surface area (TPSA) is 0 Å². The van der Waals surface area contributed by atoms with Crippen molar-refractivity contribution in [1.82, 2.24) is 0 Å². The van der Waals surface area contributed by atoms with E-state index in [4.69, 9.17) is 0 Å². The molecule has 0 N–H and O–H groups in total. The molecule has 0 spiro atoms. The van der Waals surface area contributed by atoms with Crippen molar-refractivity contribution in [3.63, 3.8) is 0 Å². The summed E-state index contributed by atoms with van der Waals surface area (Å²) >= 11 is 2.36. The van der Waals surface area contributed by atoms with E-state index in [9.17, 15) is 0 Å². The van der Waals surface area contributed by atoms with Crippen molar-refractivity contribution in [2.24, 2.45) is 0 Å². The van der Waals surface area contributed by atoms with Crippen molar-refractivity contribution in [1.29, 1.82) is 0 Å². The van der Waals surface area contributed by atoms with Gasteiger partial charge in [-0.2, -0.15) is 0 Å². The van der Waals surface area contributed by atoms with Gasteiger partial charge in [-0.25, -0.2) is 0 Å². The molecule has 1 aromatic carbocycles. The molecule has 1 aromatic rings. The lowest BCUT2D eigenvalue weighted by molar-refractivity contribution is 0.862. The molecular weight excluding hydrogens is 271 g/mol. The van der Waals surface area contributed by atoms with Gasteiger partial charge in [0.25, 0.3) is 0 Å². The minimum Gasteiger partial charge on any atom is -0.103 e. The SMILES string of the molecule is C=CC[C@H](C=C)c1ccccc1I. The summed E-state index contributed by atoms with van der Waals surface area (Å²) in [6, 6.07) is 8.39. The summed E-state index contributed by atoms with van der Waals surface area (Å²) in [5.74, 6) is 0.408. The van der Waals surface area contributed by atoms with Gasteiger partial charge in [0.05, 0.1) is 0 Å². The highest BCUT2D eigenvalue weighted by Gasteiger charge is 2.07. The normalized spacial score (nSPS) is 12.1. The van der Waals surface area contributed by atoms with Gasteiger partial charge in [0.1, 0.15) is 0 Å². The molecule has 1 heteroatoms. The van der Waals surface area contributed by atoms with E-state index in [1.54, 1.807) is 0 Å². The fourth-order valence-corrected chi connectivity index (χ4v) is 2.09. The van der Waals surface area contributed by atoms with Gasteiger partial charge in [-0.05, 0) is 40.6 Å². The van der Waals surface area contributed by atoms with E-state index in [1.165, 1.54) is 9.13 Å². The van der Waals surface area contributed by atoms with Crippen LogP contribution in [0.25, 0.3) is 0 Å². The minimum atomic E-state index is 0.408. The second-order valence-electron chi connectivity index (χ2n) is 2.89. The molecule has 0 fully saturated rings. The predicted molar refractivity (Wildman–Crippen MR) is 66.9 cm³/mol. The maximum atomic E-state index is 3.85. The molecule has 0 saturated heterocycles. The van der Waals surface area contributed by atoms with Crippen LogP contribution in [0.1, 0.15) is 17.9 Å². The van der Waals surface area contributed by atoms with E-state index >= 15 is 0 Å². The Labute approximate surface area is 93.5 Å². The second kappa shape index (κ2) is 5.22. The maximum Gasteiger partial charge on any atom is 0.0168 e. The Hall–Kier alpha value is -0.570. The molecule has 0 amide bonds. The Morgan fingerprint density at radius 3 is 2.54 bits per heavy atom. The zero-order chi connectivity index (χ0) is 9.68. The molecule has 1 atom stereocenters. The van der Waals surface area contributed by atoms with Gasteiger partial charge < -0.3 is 0 Å². The molecule has 0 nitrogen and oxygen atoms in total. The summed E-state index contributed by atoms with van der Waals surface area (Å²) in [4.78, 5) is 0. The molecule has 1 rings (SSSR count). The Bertz CT molecular complexity index is 302. The van der Waals surface area contributed by atoms with Gasteiger partial charge in [0.2, 0.25) is 0 Å². The number of halogens is 1. The Morgan fingerprint density at radius 2 is 2.00 bits per heavy atom. The summed E-state index contributed by atoms with van der Waals surface area (Å²) in [5.41, 5.74) is 1.35. The molecule has 0 aliphatic carbocycles. The highest BCUT2D eigenvalue weighted by molar-refractivity contribution is 14.1. The van der Waals surface area contributed by atoms with Gasteiger partial charge in [0.15, 0.2) is 0 Å². The van der Waals surface area contributed by atoms with E-state index < -0.39 is 0 Å². The number of hydrogen-bond acceptors (Lipinski definition) is 0. The molecular formula is C12H13I. The minimum absolute atomic E-state index is 0.408. The molecule has 13 heavy (non-hydrogen) atoms. The van der Waals surface area contributed by atoms with Crippen LogP contribution in [0.4, 0.5) is 0 Å². The van der Waals surface area contributed by atoms with Crippen LogP contribution in [0.2, 0.25) is 0 Å². The first-order valence-corrected chi connectivity index (χ1v) is 5.35. The molecule has 0 radical (unpaired) electrons. The molecule has 0 unspecified atom stereocenters. The van der Waals surface area contributed by atoms with Crippen LogP contribution >= 0.6 is 22.6 Å². The third kappa shape index (κ3) is 2.69. The van der Waals surface area contributed by atoms with Gasteiger partial charge in [0, 0.05) is 9.49 Å². The van der Waals surface area contributed by atoms with Gasteiger partial charge in [-0.15, -0.1) is 13.2 Å². The monoisotopic (exact) mass is 284 g/mol. The molecule has 0 aliphatic heterocycles. The van der Waals surface area contributed by atoms with Crippen LogP contribution in [0.5, 0.6) is 0 Å². The fraction of sp³-hybridized carbons (Fsp3) is 0.167. The Kier molecular flexibility index (Phi) is 4.22. The molecule has 68 valence electrons. The number of rotatable bonds is 4. The van der Waals surface area contributed by atoms with Crippen LogP contribution in [0.3, 0.4) is 0 Å². The number of hydrogen-bond donors (Lipinski definition) is 0. The van der Waals surface area contributed by atoms with Crippen LogP contribution in [0, 0.1) is 3.57 Å². The number of allylic oxidation sites excluding steroid dienone is 2. The average Bonchev–Trinajstić information content (AvgIpc) is 2.16. The van der Waals surface area contributed by atoms with Crippen LogP contribution in [0.15, 0.2) is 49.6 Å². The molecule has 0 bridgehead atoms. The molecule has 0 heterocycles. The van der Waals surface area contributed by atoms with Crippen LogP contribution < -0.4 is 0 Å². The van der Waals surface area contributed by atoms with Gasteiger partial charge in [-0.3, -0.25) is 0 Å². The third-order valence-electron chi connectivity index (χ3n) is 2.01. The average molecular weight is 284 g/mol. The summed E-state index contributed by atoms with van der Waals surface area (Å²) in [7, 11) is 0. The first kappa shape index (κ1) is 10.5. The Balaban J connectivity index is 2.96. The Morgan fingerprint density at radius 1 is 1.31 bits per heavy atom. The third-order valence-corrected chi connectivity index (χ3v) is 2.99. The maximum absolute atomic E-state index is 3.85. The van der Waals surface area contributed by atoms with Gasteiger partial charge >= 0.3 is 0 Å². The second-order valence-corrected chi connectivity index (χ2v) is 4.05. The van der Waals surface area contributed by atoms with Crippen molar-refractivity contribution in [2.75, 3.05) is 0 Å². The quantitative estimate of drug-likeness (QED) is 0.576. The van der Waals surface area contributed by atoms with E-state index in [0.717, 1.165) is 6.42 Å². The first-order chi connectivity index (χ1) is 6.29. The summed E-state index contributed by atoms with van der Waals surface area (Å²) in [6.45, 7) is 7.60. The van der Waals surface area contributed by atoms with E-state index in [1.807, 2.05) is 12.2 Å². The van der Waals surface area contributed by atoms with E-state index in [-0.39, 0.29) is 0 Å². The molecule has 0 aromatic heterocycles. The van der Waals surface area contributed by atoms with Crippen molar-refractivity contribution in [2.45, 2.75) is 12.3 Å². The fourth-order valence-electron chi connectivity index (χ4n) is 1.31. The van der Waals surface area contributed by atoms with E-state index in [0.29, 0.717) is 5.92 Å². The predicted octanol–water partition coefficient (Wildman–Crippen LogP) is 4.14. The molecule has 0 aliphatic rings. The smallest absolute Gasteiger partial charge is 0.0168 e. The largest absolute Gasteiger partial charge is 0.103 e. The van der Waals surface area contributed by atoms with Crippen molar-refractivity contribution >= 4 is 22.6 Å². The number of benzene rings is 1. The van der Waals surface area contributed by atoms with E-state index in [2.05, 4.69) is 60.0 Å². The molecule has 0 saturated carbocycles. The summed E-state index contributed by atoms with van der Waals surface area (Å²) in [6.07, 6.45) is 4.89. The van der Waals surface area contributed by atoms with Crippen molar-refractivity contribution in [3.05, 3.63) is 58.7 Å². The zero-order valence-corrected chi connectivity index (χ0v) is 9.70. The summed E-state index contributed by atoms with van der Waals surface area (Å²) < 4.78 is 1.30. The van der Waals surface area contributed by atoms with Crippen LogP contribution in [-0.2, 0) is 0 Å². The highest BCUT2D eigenvalue weighted by atomic mass is 127. The lowest BCUT2D eigenvalue weighted by atomic mass is 9.96. The van der Waals surface area contributed by atoms with Crippen LogP contribution in [-0.4, -0.2) is 0 Å². The van der Waals surface area contributed by atoms with Crippen molar-refractivity contribution in [3.8, 4) is 0 Å². The lowest BCUT2D eigenvalue weighted by Crippen LogP contribution is -1.95. The first-order valence-electron chi connectivity index (χ1n) is 4.27. The zero-order valence-electron chi connectivity index (χ0n) is 7.54.